The number of hydrogen-bond donors (Lipinski definition) is 0. The molecule has 22 rings (SSSR count). The minimum atomic E-state index is 0.734. The maximum absolute atomic E-state index is 5.90. The molecule has 0 unspecified atom stereocenters. The first-order chi connectivity index (χ1) is 73.4. The lowest BCUT2D eigenvalue weighted by atomic mass is 10.2. The van der Waals surface area contributed by atoms with E-state index in [1.54, 1.807) is 68.0 Å². The van der Waals surface area contributed by atoms with Gasteiger partial charge in [0.1, 0.15) is 16.5 Å². The van der Waals surface area contributed by atoms with Crippen molar-refractivity contribution in [2.24, 2.45) is 0 Å². The normalized spacial score (nSPS) is 9.73. The summed E-state index contributed by atoms with van der Waals surface area (Å²) in [5, 5.41) is 11.6. The molecular formula is C133H147NO2S12. The van der Waals surface area contributed by atoms with Gasteiger partial charge in [-0.1, -0.05) is 427 Å². The summed E-state index contributed by atoms with van der Waals surface area (Å²) in [7, 11) is 0. The molecule has 0 saturated heterocycles. The fourth-order valence-corrected chi connectivity index (χ4v) is 23.8. The number of benzene rings is 8. The summed E-state index contributed by atoms with van der Waals surface area (Å²) in [6.07, 6.45) is 16.8. The van der Waals surface area contributed by atoms with Crippen molar-refractivity contribution < 1.29 is 8.83 Å². The van der Waals surface area contributed by atoms with Crippen LogP contribution in [0.25, 0.3) is 160 Å². The largest absolute Gasteiger partial charge is 0.453 e. The van der Waals surface area contributed by atoms with Gasteiger partial charge in [-0.3, -0.25) is 0 Å². The molecule has 0 bridgehead atoms. The van der Waals surface area contributed by atoms with Crippen molar-refractivity contribution in [3.63, 3.8) is 0 Å². The van der Waals surface area contributed by atoms with E-state index in [1.807, 2.05) is 386 Å². The zero-order valence-corrected chi connectivity index (χ0v) is 100. The Morgan fingerprint density at radius 1 is 0.203 bits per heavy atom. The molecule has 0 aliphatic heterocycles. The molecule has 0 spiro atoms. The first-order valence-corrected chi connectivity index (χ1v) is 61.8. The first kappa shape index (κ1) is 126. The smallest absolute Gasteiger partial charge is 0.170 e. The van der Waals surface area contributed by atoms with E-state index < -0.39 is 0 Å². The Balaban J connectivity index is 0.000000301. The molecule has 0 N–H and O–H groups in total. The van der Waals surface area contributed by atoms with Gasteiger partial charge in [-0.15, -0.1) is 136 Å². The van der Waals surface area contributed by atoms with Crippen molar-refractivity contribution in [3.8, 4) is 116 Å². The molecule has 8 aromatic carbocycles. The van der Waals surface area contributed by atoms with Crippen molar-refractivity contribution in [2.75, 3.05) is 0 Å². The summed E-state index contributed by atoms with van der Waals surface area (Å²) in [5.74, 6) is 9.55. The Labute approximate surface area is 935 Å². The van der Waals surface area contributed by atoms with Crippen LogP contribution in [-0.4, -0.2) is 4.98 Å². The number of aromatic nitrogens is 1. The zero-order chi connectivity index (χ0) is 108. The van der Waals surface area contributed by atoms with Gasteiger partial charge in [0.15, 0.2) is 11.5 Å². The monoisotopic (exact) mass is 2170 g/mol. The summed E-state index contributed by atoms with van der Waals surface area (Å²) < 4.78 is 15.7. The molecule has 22 aromatic rings. The van der Waals surface area contributed by atoms with Gasteiger partial charge in [-0.25, -0.2) is 4.98 Å². The lowest BCUT2D eigenvalue weighted by Gasteiger charge is -1.95. The Morgan fingerprint density at radius 2 is 0.547 bits per heavy atom. The van der Waals surface area contributed by atoms with Gasteiger partial charge in [0.05, 0.1) is 10.2 Å². The maximum atomic E-state index is 5.90. The van der Waals surface area contributed by atoms with Gasteiger partial charge < -0.3 is 8.83 Å². The fourth-order valence-electron chi connectivity index (χ4n) is 12.7. The molecule has 0 aliphatic rings. The molecule has 15 heteroatoms. The number of thiophene rings is 11. The minimum absolute atomic E-state index is 0.734. The maximum Gasteiger partial charge on any atom is 0.170 e. The van der Waals surface area contributed by atoms with Crippen molar-refractivity contribution in [1.29, 1.82) is 0 Å². The predicted molar refractivity (Wildman–Crippen MR) is 689 cm³/mol. The first-order valence-electron chi connectivity index (χ1n) is 51.7. The number of rotatable bonds is 17. The second-order valence-corrected chi connectivity index (χ2v) is 39.9. The molecule has 0 saturated carbocycles. The Kier molecular flexibility index (Phi) is 66.5. The zero-order valence-electron chi connectivity index (χ0n) is 90.5. The Hall–Kier alpha value is -12.3. The summed E-state index contributed by atoms with van der Waals surface area (Å²) in [6, 6.07) is 130. The third-order valence-corrected chi connectivity index (χ3v) is 31.7. The third kappa shape index (κ3) is 42.4. The highest BCUT2D eigenvalue weighted by atomic mass is 32.1. The van der Waals surface area contributed by atoms with Gasteiger partial charge in [-0.2, -0.15) is 0 Å². The van der Waals surface area contributed by atoms with Crippen LogP contribution in [0.2, 0.25) is 0 Å². The lowest BCUT2D eigenvalue weighted by Crippen LogP contribution is -1.76. The van der Waals surface area contributed by atoms with Crippen LogP contribution in [0.3, 0.4) is 0 Å². The highest BCUT2D eigenvalue weighted by Gasteiger charge is 2.15. The van der Waals surface area contributed by atoms with Crippen LogP contribution in [0.5, 0.6) is 0 Å². The molecule has 148 heavy (non-hydrogen) atoms. The third-order valence-electron chi connectivity index (χ3n) is 18.8. The van der Waals surface area contributed by atoms with E-state index >= 15 is 0 Å². The molecule has 768 valence electrons. The molecule has 0 aliphatic carbocycles. The quantitative estimate of drug-likeness (QED) is 0.0674. The van der Waals surface area contributed by atoms with Gasteiger partial charge >= 0.3 is 0 Å². The second kappa shape index (κ2) is 78.0. The minimum Gasteiger partial charge on any atom is -0.453 e. The van der Waals surface area contributed by atoms with Crippen LogP contribution >= 0.6 is 136 Å². The second-order valence-electron chi connectivity index (χ2n) is 27.5. The fraction of sp³-hybridized carbons (Fsp3) is 0.180. The van der Waals surface area contributed by atoms with E-state index in [4.69, 9.17) is 13.8 Å². The number of hydrogen-bond acceptors (Lipinski definition) is 15. The molecule has 0 fully saturated rings. The number of furan rings is 2. The molecule has 0 radical (unpaired) electrons. The summed E-state index contributed by atoms with van der Waals surface area (Å²) in [4.78, 5) is 24.7. The summed E-state index contributed by atoms with van der Waals surface area (Å²) in [5.41, 5.74) is 10.4. The molecule has 14 heterocycles. The van der Waals surface area contributed by atoms with Crippen LogP contribution < -0.4 is 0 Å². The van der Waals surface area contributed by atoms with E-state index in [-0.39, 0.29) is 0 Å². The highest BCUT2D eigenvalue weighted by Crippen LogP contribution is 2.45. The molecule has 0 amide bonds. The van der Waals surface area contributed by atoms with Crippen LogP contribution in [0.15, 0.2) is 424 Å². The van der Waals surface area contributed by atoms with E-state index in [0.717, 1.165) is 55.8 Å². The number of nitrogens with zero attached hydrogens (tertiary/aromatic N) is 1. The Bertz CT molecular complexity index is 7090. The van der Waals surface area contributed by atoms with E-state index in [9.17, 15) is 0 Å². The van der Waals surface area contributed by atoms with Gasteiger partial charge in [0.25, 0.3) is 0 Å². The van der Waals surface area contributed by atoms with Crippen molar-refractivity contribution in [1.82, 2.24) is 4.98 Å². The molecule has 0 atom stereocenters. The number of thiazole rings is 1. The van der Waals surface area contributed by atoms with E-state index in [0.29, 0.717) is 0 Å². The standard InChI is InChI=1S/C22H14S4.C21H13NS.C20H14O2S.C18H12S3.C14H10S2.C14H12S.12C2H6/c1-2-5-15(6-3-1)18-10-11-19(25-18)21-14-22-20(26-21)13-17(24-22)9-8-16-7-4-12-23-16;1-3-7-16(8-4-1)11-12-17-13-14-19-20(15-17)23-21(22-19)18-9-5-2-6-10-18;1-2-5-15(6-3-1)18-12-13-20(22-18)19-11-9-16(21-19)8-10-17-7-4-14-23-17;1-2-5-13(6-3-1)14-8-9-17(20-14)18-11-10-16(21-18)15-7-4-12-19-15;1-2-5-11(6-3-1)12-8-9-14(16-12)13-7-4-10-15-13;1-2-7-13(8-3-1)9-4-5-10-14-11-6-12-15-14;12*1-2/h1-14H;1-10,13-15H;1-14H;1-12H;1-10H;1-12H;12*1-2H3/b9-8+;;10-8+;;;9-4+,10-5+;;;;;;;;;;;;. The van der Waals surface area contributed by atoms with Crippen molar-refractivity contribution >= 4 is 192 Å². The Morgan fingerprint density at radius 3 is 0.986 bits per heavy atom. The molecular weight excluding hydrogens is 2030 g/mol. The molecule has 3 nitrogen and oxygen atoms in total. The molecule has 14 aromatic heterocycles. The van der Waals surface area contributed by atoms with Crippen LogP contribution in [0, 0.1) is 11.8 Å². The van der Waals surface area contributed by atoms with Crippen molar-refractivity contribution in [3.05, 3.63) is 457 Å². The SMILES string of the molecule is C(#Cc1ccc2nc(-c3ccccc3)sc2c1)c1ccccc1.C(/C=C/c1cccs1)=C\c1ccccc1.C(=C\c1cc2sc(-c3ccc(-c4ccccc4)s3)cc2s1)/c1cccs1.C(=C\c1cccs1)/c1ccc(-c2ccc(-c3ccccc3)o2)o1.CC.CC.CC.CC.CC.CC.CC.CC.CC.CC.CC.CC.c1ccc(-c2ccc(-c3ccc(-c4cccs4)s3)s2)cc1.c1ccc(-c2ccc(-c3cccs3)s2)cc1. The lowest BCUT2D eigenvalue weighted by molar-refractivity contribution is 0.526. The highest BCUT2D eigenvalue weighted by molar-refractivity contribution is 7.32. The predicted octanol–water partition coefficient (Wildman–Crippen LogP) is 49.2. The van der Waals surface area contributed by atoms with Gasteiger partial charge in [0.2, 0.25) is 0 Å². The average Bonchev–Trinajstić information content (AvgIpc) is 1.63. The van der Waals surface area contributed by atoms with Gasteiger partial charge in [-0.05, 0) is 225 Å². The van der Waals surface area contributed by atoms with E-state index in [1.165, 1.54) is 110 Å². The topological polar surface area (TPSA) is 39.2 Å². The number of fused-ring (bicyclic) bond motifs is 2. The van der Waals surface area contributed by atoms with E-state index in [2.05, 4.69) is 312 Å². The average molecular weight is 2180 g/mol. The van der Waals surface area contributed by atoms with Crippen LogP contribution in [0.4, 0.5) is 0 Å². The van der Waals surface area contributed by atoms with Crippen LogP contribution in [-0.2, 0) is 0 Å². The van der Waals surface area contributed by atoms with Crippen LogP contribution in [0.1, 0.15) is 208 Å². The van der Waals surface area contributed by atoms with Gasteiger partial charge in [0, 0.05) is 105 Å². The number of allylic oxidation sites excluding steroid dienone is 2. The van der Waals surface area contributed by atoms with Crippen molar-refractivity contribution in [2.45, 2.75) is 166 Å². The summed E-state index contributed by atoms with van der Waals surface area (Å²) >= 11 is 21.8. The summed E-state index contributed by atoms with van der Waals surface area (Å²) in [6.45, 7) is 48.0.